The van der Waals surface area contributed by atoms with Gasteiger partial charge in [-0.3, -0.25) is 4.79 Å². The molecule has 1 heterocycles. The van der Waals surface area contributed by atoms with E-state index in [4.69, 9.17) is 9.47 Å². The highest BCUT2D eigenvalue weighted by molar-refractivity contribution is 5.95. The largest absolute Gasteiger partial charge is 0.482 e. The number of carbonyl (C=O) groups is 2. The molecule has 1 amide bonds. The molecule has 2 rings (SSSR count). The fourth-order valence-electron chi connectivity index (χ4n) is 1.40. The lowest BCUT2D eigenvalue weighted by Crippen LogP contribution is -2.25. The van der Waals surface area contributed by atoms with Crippen LogP contribution in [0.4, 0.5) is 5.69 Å². The average Bonchev–Trinajstić information content (AvgIpc) is 2.28. The summed E-state index contributed by atoms with van der Waals surface area (Å²) in [4.78, 5) is 22.3. The number of carbonyl (C=O) groups excluding carboxylic acids is 2. The first-order chi connectivity index (χ1) is 8.19. The minimum atomic E-state index is -0.504. The molecule has 0 unspecified atom stereocenters. The second kappa shape index (κ2) is 4.84. The van der Waals surface area contributed by atoms with Gasteiger partial charge in [-0.25, -0.2) is 4.79 Å². The van der Waals surface area contributed by atoms with Gasteiger partial charge in [0.2, 0.25) is 0 Å². The van der Waals surface area contributed by atoms with Crippen LogP contribution in [0.5, 0.6) is 11.5 Å². The molecule has 0 saturated heterocycles. The van der Waals surface area contributed by atoms with Gasteiger partial charge in [0, 0.05) is 13.2 Å². The van der Waals surface area contributed by atoms with E-state index in [0.29, 0.717) is 17.2 Å². The van der Waals surface area contributed by atoms with Gasteiger partial charge >= 0.3 is 5.97 Å². The molecule has 1 aliphatic heterocycles. The van der Waals surface area contributed by atoms with Crippen LogP contribution >= 0.6 is 0 Å². The maximum atomic E-state index is 11.2. The predicted octanol–water partition coefficient (Wildman–Crippen LogP) is 0.569. The van der Waals surface area contributed by atoms with Crippen molar-refractivity contribution in [2.75, 3.05) is 25.6 Å². The summed E-state index contributed by atoms with van der Waals surface area (Å²) in [5.41, 5.74) is 0.490. The van der Waals surface area contributed by atoms with Crippen LogP contribution in [-0.4, -0.2) is 32.2 Å². The van der Waals surface area contributed by atoms with E-state index in [9.17, 15) is 9.59 Å². The number of nitrogens with one attached hydrogen (secondary N) is 1. The quantitative estimate of drug-likeness (QED) is 0.614. The van der Waals surface area contributed by atoms with Crippen molar-refractivity contribution < 1.29 is 23.8 Å². The Balaban J connectivity index is 2.13. The van der Waals surface area contributed by atoms with Crippen molar-refractivity contribution in [3.8, 4) is 11.5 Å². The molecule has 1 N–H and O–H groups in total. The van der Waals surface area contributed by atoms with E-state index in [1.54, 1.807) is 12.1 Å². The highest BCUT2D eigenvalue weighted by Gasteiger charge is 2.16. The summed E-state index contributed by atoms with van der Waals surface area (Å²) < 4.78 is 14.8. The third-order valence-corrected chi connectivity index (χ3v) is 2.08. The number of anilines is 1. The molecule has 6 nitrogen and oxygen atoms in total. The third kappa shape index (κ3) is 2.73. The van der Waals surface area contributed by atoms with Crippen molar-refractivity contribution >= 4 is 17.6 Å². The number of ether oxygens (including phenoxy) is 3. The van der Waals surface area contributed by atoms with Crippen molar-refractivity contribution in [3.63, 3.8) is 0 Å². The number of methoxy groups -OCH3 is 1. The van der Waals surface area contributed by atoms with E-state index in [1.165, 1.54) is 13.2 Å². The van der Waals surface area contributed by atoms with Gasteiger partial charge in [-0.15, -0.1) is 0 Å². The van der Waals surface area contributed by atoms with Crippen molar-refractivity contribution in [3.05, 3.63) is 18.2 Å². The monoisotopic (exact) mass is 237 g/mol. The van der Waals surface area contributed by atoms with E-state index in [1.807, 2.05) is 0 Å². The SMILES string of the molecule is COCC(=O)Oc1ccc2c(c1)NC(=O)CO2. The topological polar surface area (TPSA) is 73.9 Å². The normalized spacial score (nSPS) is 13.4. The molecular formula is C11H11NO5. The van der Waals surface area contributed by atoms with E-state index in [0.717, 1.165) is 0 Å². The molecule has 1 aromatic carbocycles. The fourth-order valence-corrected chi connectivity index (χ4v) is 1.40. The van der Waals surface area contributed by atoms with E-state index < -0.39 is 5.97 Å². The number of hydrogen-bond donors (Lipinski definition) is 1. The Morgan fingerprint density at radius 2 is 2.35 bits per heavy atom. The van der Waals surface area contributed by atoms with Gasteiger partial charge in [-0.1, -0.05) is 0 Å². The minimum absolute atomic E-state index is 0.00416. The standard InChI is InChI=1S/C11H11NO5/c1-15-6-11(14)17-7-2-3-9-8(4-7)12-10(13)5-16-9/h2-4H,5-6H2,1H3,(H,12,13). The lowest BCUT2D eigenvalue weighted by atomic mass is 10.2. The van der Waals surface area contributed by atoms with E-state index in [-0.39, 0.29) is 19.1 Å². The summed E-state index contributed by atoms with van der Waals surface area (Å²) in [6.07, 6.45) is 0. The molecule has 0 bridgehead atoms. The summed E-state index contributed by atoms with van der Waals surface area (Å²) in [6.45, 7) is -0.129. The van der Waals surface area contributed by atoms with Crippen molar-refractivity contribution in [1.82, 2.24) is 0 Å². The molecule has 0 atom stereocenters. The summed E-state index contributed by atoms with van der Waals surface area (Å²) in [5.74, 6) is 0.140. The molecule has 17 heavy (non-hydrogen) atoms. The van der Waals surface area contributed by atoms with Crippen LogP contribution in [-0.2, 0) is 14.3 Å². The zero-order chi connectivity index (χ0) is 12.3. The fraction of sp³-hybridized carbons (Fsp3) is 0.273. The highest BCUT2D eigenvalue weighted by Crippen LogP contribution is 2.31. The molecule has 90 valence electrons. The first-order valence-electron chi connectivity index (χ1n) is 4.95. The maximum Gasteiger partial charge on any atom is 0.337 e. The zero-order valence-electron chi connectivity index (χ0n) is 9.19. The van der Waals surface area contributed by atoms with Crippen LogP contribution < -0.4 is 14.8 Å². The van der Waals surface area contributed by atoms with Crippen molar-refractivity contribution in [2.24, 2.45) is 0 Å². The Hall–Kier alpha value is -2.08. The summed E-state index contributed by atoms with van der Waals surface area (Å²) >= 11 is 0. The van der Waals surface area contributed by atoms with Crippen LogP contribution in [0, 0.1) is 0 Å². The molecule has 1 aromatic rings. The third-order valence-electron chi connectivity index (χ3n) is 2.08. The Morgan fingerprint density at radius 1 is 1.53 bits per heavy atom. The Morgan fingerprint density at radius 3 is 3.12 bits per heavy atom. The molecule has 0 fully saturated rings. The van der Waals surface area contributed by atoms with Crippen molar-refractivity contribution in [2.45, 2.75) is 0 Å². The smallest absolute Gasteiger partial charge is 0.337 e. The summed E-state index contributed by atoms with van der Waals surface area (Å²) in [6, 6.07) is 4.74. The van der Waals surface area contributed by atoms with Crippen LogP contribution in [0.15, 0.2) is 18.2 Å². The summed E-state index contributed by atoms with van der Waals surface area (Å²) in [7, 11) is 1.40. The number of hydrogen-bond acceptors (Lipinski definition) is 5. The van der Waals surface area contributed by atoms with Gasteiger partial charge in [-0.05, 0) is 12.1 Å². The molecule has 0 saturated carbocycles. The molecule has 0 aromatic heterocycles. The van der Waals surface area contributed by atoms with Crippen LogP contribution in [0.2, 0.25) is 0 Å². The number of fused-ring (bicyclic) bond motifs is 1. The average molecular weight is 237 g/mol. The van der Waals surface area contributed by atoms with Gasteiger partial charge in [0.1, 0.15) is 18.1 Å². The molecule has 0 radical (unpaired) electrons. The van der Waals surface area contributed by atoms with Crippen molar-refractivity contribution in [1.29, 1.82) is 0 Å². The first-order valence-corrected chi connectivity index (χ1v) is 4.95. The zero-order valence-corrected chi connectivity index (χ0v) is 9.19. The molecule has 0 spiro atoms. The Kier molecular flexibility index (Phi) is 3.24. The van der Waals surface area contributed by atoms with Crippen LogP contribution in [0.25, 0.3) is 0 Å². The summed E-state index contributed by atoms with van der Waals surface area (Å²) in [5, 5.41) is 2.62. The van der Waals surface area contributed by atoms with Gasteiger partial charge in [0.25, 0.3) is 5.91 Å². The lowest BCUT2D eigenvalue weighted by molar-refractivity contribution is -0.138. The Labute approximate surface area is 97.5 Å². The number of esters is 1. The van der Waals surface area contributed by atoms with Gasteiger partial charge in [0.15, 0.2) is 6.61 Å². The number of amides is 1. The second-order valence-corrected chi connectivity index (χ2v) is 3.40. The lowest BCUT2D eigenvalue weighted by Gasteiger charge is -2.18. The number of rotatable bonds is 3. The van der Waals surface area contributed by atoms with E-state index >= 15 is 0 Å². The van der Waals surface area contributed by atoms with Crippen LogP contribution in [0.1, 0.15) is 0 Å². The molecule has 1 aliphatic rings. The first kappa shape index (κ1) is 11.4. The second-order valence-electron chi connectivity index (χ2n) is 3.40. The maximum absolute atomic E-state index is 11.2. The minimum Gasteiger partial charge on any atom is -0.482 e. The number of benzene rings is 1. The predicted molar refractivity (Wildman–Crippen MR) is 58.1 cm³/mol. The molecule has 6 heteroatoms. The van der Waals surface area contributed by atoms with Gasteiger partial charge < -0.3 is 19.5 Å². The van der Waals surface area contributed by atoms with E-state index in [2.05, 4.69) is 10.1 Å². The van der Waals surface area contributed by atoms with Crippen LogP contribution in [0.3, 0.4) is 0 Å². The van der Waals surface area contributed by atoms with Gasteiger partial charge in [-0.2, -0.15) is 0 Å². The Bertz CT molecular complexity index is 457. The molecule has 0 aliphatic carbocycles. The molecular weight excluding hydrogens is 226 g/mol. The van der Waals surface area contributed by atoms with Gasteiger partial charge in [0.05, 0.1) is 5.69 Å². The highest BCUT2D eigenvalue weighted by atomic mass is 16.6.